The van der Waals surface area contributed by atoms with Crippen LogP contribution in [0, 0.1) is 0 Å². The van der Waals surface area contributed by atoms with Gasteiger partial charge in [-0.1, -0.05) is 13.3 Å². The second-order valence-electron chi connectivity index (χ2n) is 4.31. The Hall–Kier alpha value is -0.870. The van der Waals surface area contributed by atoms with Crippen LogP contribution in [0.3, 0.4) is 0 Å². The highest BCUT2D eigenvalue weighted by Crippen LogP contribution is 2.15. The first-order valence-electron chi connectivity index (χ1n) is 6.21. The normalized spacial score (nSPS) is 14.3. The summed E-state index contributed by atoms with van der Waals surface area (Å²) in [6.07, 6.45) is 2.14. The summed E-state index contributed by atoms with van der Waals surface area (Å²) in [5.74, 6) is 0.0838. The van der Waals surface area contributed by atoms with E-state index in [0.717, 1.165) is 19.4 Å². The number of unbranched alkanes of at least 4 members (excludes halogenated alkanes) is 1. The number of thiophene rings is 1. The van der Waals surface area contributed by atoms with E-state index in [1.165, 1.54) is 5.56 Å². The molecule has 17 heavy (non-hydrogen) atoms. The zero-order valence-electron chi connectivity index (χ0n) is 10.8. The van der Waals surface area contributed by atoms with E-state index in [1.54, 1.807) is 11.3 Å². The van der Waals surface area contributed by atoms with Gasteiger partial charge in [0.05, 0.1) is 6.04 Å². The van der Waals surface area contributed by atoms with Crippen molar-refractivity contribution >= 4 is 17.2 Å². The molecule has 1 heterocycles. The molecule has 2 atom stereocenters. The Kier molecular flexibility index (Phi) is 6.22. The molecule has 0 aliphatic heterocycles. The predicted molar refractivity (Wildman–Crippen MR) is 73.2 cm³/mol. The fourth-order valence-corrected chi connectivity index (χ4v) is 2.36. The molecule has 1 aromatic rings. The number of hydrogen-bond acceptors (Lipinski definition) is 3. The fraction of sp³-hybridized carbons (Fsp3) is 0.615. The number of nitrogens with one attached hydrogen (secondary N) is 2. The molecule has 1 rings (SSSR count). The first kappa shape index (κ1) is 14.2. The van der Waals surface area contributed by atoms with E-state index in [0.29, 0.717) is 0 Å². The minimum Gasteiger partial charge on any atom is -0.355 e. The highest BCUT2D eigenvalue weighted by Gasteiger charge is 2.15. The van der Waals surface area contributed by atoms with E-state index in [1.807, 2.05) is 6.92 Å². The lowest BCUT2D eigenvalue weighted by Gasteiger charge is -2.19. The van der Waals surface area contributed by atoms with Gasteiger partial charge >= 0.3 is 0 Å². The SMILES string of the molecule is CCCCNC(=O)C(C)NC(C)c1ccsc1. The average Bonchev–Trinajstić information content (AvgIpc) is 2.82. The second-order valence-corrected chi connectivity index (χ2v) is 5.09. The average molecular weight is 254 g/mol. The Balaban J connectivity index is 2.32. The lowest BCUT2D eigenvalue weighted by molar-refractivity contribution is -0.122. The molecule has 1 aromatic heterocycles. The summed E-state index contributed by atoms with van der Waals surface area (Å²) >= 11 is 1.68. The van der Waals surface area contributed by atoms with E-state index in [9.17, 15) is 4.79 Å². The largest absolute Gasteiger partial charge is 0.355 e. The summed E-state index contributed by atoms with van der Waals surface area (Å²) < 4.78 is 0. The summed E-state index contributed by atoms with van der Waals surface area (Å²) in [4.78, 5) is 11.8. The van der Waals surface area contributed by atoms with Gasteiger partial charge in [-0.15, -0.1) is 0 Å². The molecule has 2 unspecified atom stereocenters. The first-order valence-corrected chi connectivity index (χ1v) is 7.15. The summed E-state index contributed by atoms with van der Waals surface area (Å²) in [5.41, 5.74) is 1.24. The zero-order chi connectivity index (χ0) is 12.7. The third kappa shape index (κ3) is 4.88. The Morgan fingerprint density at radius 3 is 2.82 bits per heavy atom. The standard InChI is InChI=1S/C13H22N2OS/c1-4-5-7-14-13(16)11(3)15-10(2)12-6-8-17-9-12/h6,8-11,15H,4-5,7H2,1-3H3,(H,14,16). The number of carbonyl (C=O) groups is 1. The quantitative estimate of drug-likeness (QED) is 0.735. The van der Waals surface area contributed by atoms with Gasteiger partial charge in [0, 0.05) is 12.6 Å². The van der Waals surface area contributed by atoms with Crippen molar-refractivity contribution in [2.45, 2.75) is 45.7 Å². The maximum absolute atomic E-state index is 11.8. The number of amides is 1. The number of rotatable bonds is 7. The highest BCUT2D eigenvalue weighted by atomic mass is 32.1. The van der Waals surface area contributed by atoms with Crippen LogP contribution in [0.5, 0.6) is 0 Å². The molecule has 0 radical (unpaired) electrons. The maximum atomic E-state index is 11.8. The minimum absolute atomic E-state index is 0.0838. The van der Waals surface area contributed by atoms with E-state index < -0.39 is 0 Å². The third-order valence-corrected chi connectivity index (χ3v) is 3.47. The Morgan fingerprint density at radius 2 is 2.24 bits per heavy atom. The van der Waals surface area contributed by atoms with Gasteiger partial charge in [-0.3, -0.25) is 10.1 Å². The summed E-state index contributed by atoms with van der Waals surface area (Å²) in [7, 11) is 0. The van der Waals surface area contributed by atoms with E-state index >= 15 is 0 Å². The van der Waals surface area contributed by atoms with Crippen molar-refractivity contribution in [1.82, 2.24) is 10.6 Å². The van der Waals surface area contributed by atoms with Crippen LogP contribution in [0.25, 0.3) is 0 Å². The van der Waals surface area contributed by atoms with Crippen molar-refractivity contribution in [3.63, 3.8) is 0 Å². The molecular formula is C13H22N2OS. The molecule has 0 saturated carbocycles. The highest BCUT2D eigenvalue weighted by molar-refractivity contribution is 7.07. The van der Waals surface area contributed by atoms with Gasteiger partial charge in [0.15, 0.2) is 0 Å². The third-order valence-electron chi connectivity index (χ3n) is 2.77. The molecule has 1 amide bonds. The molecule has 96 valence electrons. The maximum Gasteiger partial charge on any atom is 0.236 e. The van der Waals surface area contributed by atoms with Gasteiger partial charge < -0.3 is 5.32 Å². The van der Waals surface area contributed by atoms with Crippen LogP contribution < -0.4 is 10.6 Å². The molecule has 0 saturated heterocycles. The van der Waals surface area contributed by atoms with Crippen LogP contribution in [0.15, 0.2) is 16.8 Å². The summed E-state index contributed by atoms with van der Waals surface area (Å²) in [6.45, 7) is 6.88. The molecule has 0 fully saturated rings. The summed E-state index contributed by atoms with van der Waals surface area (Å²) in [5, 5.41) is 10.4. The van der Waals surface area contributed by atoms with Crippen molar-refractivity contribution in [1.29, 1.82) is 0 Å². The van der Waals surface area contributed by atoms with Crippen molar-refractivity contribution in [2.75, 3.05) is 6.54 Å². The lowest BCUT2D eigenvalue weighted by atomic mass is 10.1. The monoisotopic (exact) mass is 254 g/mol. The van der Waals surface area contributed by atoms with E-state index in [2.05, 4.69) is 41.3 Å². The molecule has 2 N–H and O–H groups in total. The van der Waals surface area contributed by atoms with Gasteiger partial charge in [-0.25, -0.2) is 0 Å². The van der Waals surface area contributed by atoms with Crippen LogP contribution in [-0.2, 0) is 4.79 Å². The van der Waals surface area contributed by atoms with Crippen LogP contribution >= 0.6 is 11.3 Å². The van der Waals surface area contributed by atoms with Gasteiger partial charge in [-0.05, 0) is 42.7 Å². The predicted octanol–water partition coefficient (Wildman–Crippen LogP) is 2.70. The second kappa shape index (κ2) is 7.45. The van der Waals surface area contributed by atoms with Gasteiger partial charge in [-0.2, -0.15) is 11.3 Å². The van der Waals surface area contributed by atoms with Crippen molar-refractivity contribution < 1.29 is 4.79 Å². The van der Waals surface area contributed by atoms with Gasteiger partial charge in [0.1, 0.15) is 0 Å². The molecule has 0 aliphatic rings. The fourth-order valence-electron chi connectivity index (χ4n) is 1.61. The van der Waals surface area contributed by atoms with Crippen LogP contribution in [0.4, 0.5) is 0 Å². The zero-order valence-corrected chi connectivity index (χ0v) is 11.6. The molecule has 0 spiro atoms. The molecule has 4 heteroatoms. The minimum atomic E-state index is -0.151. The van der Waals surface area contributed by atoms with Crippen LogP contribution in [0.1, 0.15) is 45.2 Å². The Morgan fingerprint density at radius 1 is 1.47 bits per heavy atom. The topological polar surface area (TPSA) is 41.1 Å². The van der Waals surface area contributed by atoms with Gasteiger partial charge in [0.25, 0.3) is 0 Å². The Bertz CT molecular complexity index is 324. The molecule has 0 aromatic carbocycles. The Labute approximate surface area is 108 Å². The smallest absolute Gasteiger partial charge is 0.236 e. The van der Waals surface area contributed by atoms with Crippen molar-refractivity contribution in [2.24, 2.45) is 0 Å². The van der Waals surface area contributed by atoms with Gasteiger partial charge in [0.2, 0.25) is 5.91 Å². The number of carbonyl (C=O) groups excluding carboxylic acids is 1. The molecular weight excluding hydrogens is 232 g/mol. The first-order chi connectivity index (χ1) is 8.15. The van der Waals surface area contributed by atoms with E-state index in [4.69, 9.17) is 0 Å². The van der Waals surface area contributed by atoms with Crippen molar-refractivity contribution in [3.05, 3.63) is 22.4 Å². The van der Waals surface area contributed by atoms with Crippen molar-refractivity contribution in [3.8, 4) is 0 Å². The molecule has 3 nitrogen and oxygen atoms in total. The molecule has 0 bridgehead atoms. The molecule has 0 aliphatic carbocycles. The van der Waals surface area contributed by atoms with Crippen LogP contribution in [-0.4, -0.2) is 18.5 Å². The lowest BCUT2D eigenvalue weighted by Crippen LogP contribution is -2.43. The van der Waals surface area contributed by atoms with E-state index in [-0.39, 0.29) is 18.0 Å². The summed E-state index contributed by atoms with van der Waals surface area (Å²) in [6, 6.07) is 2.15. The number of hydrogen-bond donors (Lipinski definition) is 2. The van der Waals surface area contributed by atoms with Crippen LogP contribution in [0.2, 0.25) is 0 Å².